The van der Waals surface area contributed by atoms with E-state index in [1.807, 2.05) is 12.1 Å². The molecule has 0 fully saturated rings. The summed E-state index contributed by atoms with van der Waals surface area (Å²) in [7, 11) is 4.64. The summed E-state index contributed by atoms with van der Waals surface area (Å²) in [4.78, 5) is 15.3. The summed E-state index contributed by atoms with van der Waals surface area (Å²) < 4.78 is 28.3. The number of nitrogens with zero attached hydrogens (tertiary/aromatic N) is 1. The summed E-state index contributed by atoms with van der Waals surface area (Å²) in [5, 5.41) is 1.17. The number of carbonyl (C=O) groups is 1. The van der Waals surface area contributed by atoms with Gasteiger partial charge in [0.2, 0.25) is 5.78 Å². The van der Waals surface area contributed by atoms with Gasteiger partial charge in [0.05, 0.1) is 32.5 Å². The van der Waals surface area contributed by atoms with Crippen LogP contribution in [0.1, 0.15) is 27.0 Å². The summed E-state index contributed by atoms with van der Waals surface area (Å²) in [5.74, 6) is 2.69. The highest BCUT2D eigenvalue weighted by atomic mass is 35.5. The zero-order chi connectivity index (χ0) is 25.4. The number of methoxy groups -OCH3 is 3. The first-order valence-corrected chi connectivity index (χ1v) is 11.9. The third-order valence-corrected chi connectivity index (χ3v) is 6.70. The second-order valence-electron chi connectivity index (χ2n) is 8.30. The minimum atomic E-state index is -0.220. The SMILES string of the molecule is COc1cc(OC)c(OC)cc1/C=C1\Oc2c(ccc3c2CN(Cc2ccc(Cl)cc2Cl)CO3)C1=O. The zero-order valence-corrected chi connectivity index (χ0v) is 21.4. The second-order valence-corrected chi connectivity index (χ2v) is 9.15. The van der Waals surface area contributed by atoms with E-state index in [1.165, 1.54) is 0 Å². The molecule has 0 aromatic heterocycles. The van der Waals surface area contributed by atoms with Crippen LogP contribution in [0.25, 0.3) is 6.08 Å². The van der Waals surface area contributed by atoms with Crippen molar-refractivity contribution in [1.29, 1.82) is 0 Å². The molecule has 7 nitrogen and oxygen atoms in total. The van der Waals surface area contributed by atoms with Crippen LogP contribution in [0.2, 0.25) is 10.0 Å². The molecule has 36 heavy (non-hydrogen) atoms. The summed E-state index contributed by atoms with van der Waals surface area (Å²) in [6.07, 6.45) is 1.64. The van der Waals surface area contributed by atoms with Crippen molar-refractivity contribution in [2.45, 2.75) is 13.1 Å². The normalized spacial score (nSPS) is 15.7. The predicted molar refractivity (Wildman–Crippen MR) is 137 cm³/mol. The molecule has 3 aromatic carbocycles. The van der Waals surface area contributed by atoms with Crippen LogP contribution in [-0.2, 0) is 13.1 Å². The van der Waals surface area contributed by atoms with Crippen molar-refractivity contribution in [3.8, 4) is 28.7 Å². The molecule has 0 unspecified atom stereocenters. The van der Waals surface area contributed by atoms with Gasteiger partial charge < -0.3 is 23.7 Å². The van der Waals surface area contributed by atoms with Gasteiger partial charge >= 0.3 is 0 Å². The molecule has 0 saturated heterocycles. The summed E-state index contributed by atoms with van der Waals surface area (Å²) in [6, 6.07) is 12.4. The maximum absolute atomic E-state index is 13.2. The Bertz CT molecular complexity index is 1390. The molecule has 2 aliphatic rings. The van der Waals surface area contributed by atoms with Crippen molar-refractivity contribution >= 4 is 35.1 Å². The van der Waals surface area contributed by atoms with Gasteiger partial charge in [-0.15, -0.1) is 0 Å². The minimum absolute atomic E-state index is 0.182. The highest BCUT2D eigenvalue weighted by molar-refractivity contribution is 6.35. The average Bonchev–Trinajstić information content (AvgIpc) is 3.20. The Morgan fingerprint density at radius 1 is 0.972 bits per heavy atom. The number of benzene rings is 3. The van der Waals surface area contributed by atoms with E-state index in [0.717, 1.165) is 11.1 Å². The van der Waals surface area contributed by atoms with Crippen LogP contribution in [0.5, 0.6) is 28.7 Å². The molecular weight excluding hydrogens is 505 g/mol. The Morgan fingerprint density at radius 3 is 2.44 bits per heavy atom. The Morgan fingerprint density at radius 2 is 1.72 bits per heavy atom. The summed E-state index contributed by atoms with van der Waals surface area (Å²) in [6.45, 7) is 1.46. The zero-order valence-electron chi connectivity index (χ0n) is 19.9. The standard InChI is InChI=1S/C27H23Cl2NO6/c1-32-22-11-24(34-3)23(33-2)8-16(22)9-25-26(31)18-6-7-21-19(27(18)36-25)13-30(14-35-21)12-15-4-5-17(28)10-20(15)29/h4-11H,12-14H2,1-3H3/b25-9-. The first-order chi connectivity index (χ1) is 17.4. The van der Waals surface area contributed by atoms with Gasteiger partial charge in [0.25, 0.3) is 0 Å². The summed E-state index contributed by atoms with van der Waals surface area (Å²) >= 11 is 12.4. The van der Waals surface area contributed by atoms with E-state index in [1.54, 1.807) is 57.7 Å². The Hall–Kier alpha value is -3.39. The van der Waals surface area contributed by atoms with Crippen molar-refractivity contribution in [3.05, 3.63) is 80.5 Å². The van der Waals surface area contributed by atoms with Gasteiger partial charge in [-0.2, -0.15) is 0 Å². The average molecular weight is 528 g/mol. The van der Waals surface area contributed by atoms with Crippen molar-refractivity contribution in [3.63, 3.8) is 0 Å². The lowest BCUT2D eigenvalue weighted by molar-refractivity contribution is 0.0873. The molecule has 0 N–H and O–H groups in total. The van der Waals surface area contributed by atoms with Gasteiger partial charge in [0, 0.05) is 34.8 Å². The van der Waals surface area contributed by atoms with E-state index >= 15 is 0 Å². The first kappa shape index (κ1) is 24.3. The van der Waals surface area contributed by atoms with Gasteiger partial charge in [-0.25, -0.2) is 0 Å². The molecule has 2 heterocycles. The van der Waals surface area contributed by atoms with Crippen LogP contribution in [0.15, 0.2) is 48.2 Å². The lowest BCUT2D eigenvalue weighted by atomic mass is 10.0. The molecule has 5 rings (SSSR count). The number of Topliss-reactive ketones (excluding diaryl/α,β-unsaturated/α-hetero) is 1. The van der Waals surface area contributed by atoms with Crippen LogP contribution in [0.3, 0.4) is 0 Å². The molecule has 0 saturated carbocycles. The number of hydrogen-bond donors (Lipinski definition) is 0. The molecule has 0 aliphatic carbocycles. The van der Waals surface area contributed by atoms with Crippen LogP contribution in [-0.4, -0.2) is 38.7 Å². The molecule has 0 spiro atoms. The molecular formula is C27H23Cl2NO6. The maximum atomic E-state index is 13.2. The van der Waals surface area contributed by atoms with Crippen LogP contribution in [0.4, 0.5) is 0 Å². The fourth-order valence-corrected chi connectivity index (χ4v) is 4.77. The molecule has 3 aromatic rings. The van der Waals surface area contributed by atoms with Gasteiger partial charge in [-0.05, 0) is 42.0 Å². The highest BCUT2D eigenvalue weighted by Gasteiger charge is 2.34. The predicted octanol–water partition coefficient (Wildman–Crippen LogP) is 5.99. The van der Waals surface area contributed by atoms with E-state index in [0.29, 0.717) is 69.7 Å². The Balaban J connectivity index is 1.45. The molecule has 2 aliphatic heterocycles. The Labute approximate surface area is 218 Å². The van der Waals surface area contributed by atoms with Crippen molar-refractivity contribution < 1.29 is 28.5 Å². The van der Waals surface area contributed by atoms with E-state index < -0.39 is 0 Å². The number of carbonyl (C=O) groups excluding carboxylic acids is 1. The fourth-order valence-electron chi connectivity index (χ4n) is 4.30. The van der Waals surface area contributed by atoms with Gasteiger partial charge in [-0.3, -0.25) is 9.69 Å². The number of hydrogen-bond acceptors (Lipinski definition) is 7. The summed E-state index contributed by atoms with van der Waals surface area (Å²) in [5.41, 5.74) is 2.84. The highest BCUT2D eigenvalue weighted by Crippen LogP contribution is 2.43. The van der Waals surface area contributed by atoms with Gasteiger partial charge in [-0.1, -0.05) is 29.3 Å². The second kappa shape index (κ2) is 9.93. The van der Waals surface area contributed by atoms with E-state index in [4.69, 9.17) is 46.9 Å². The van der Waals surface area contributed by atoms with E-state index in [9.17, 15) is 4.79 Å². The largest absolute Gasteiger partial charge is 0.496 e. The molecule has 0 bridgehead atoms. The first-order valence-electron chi connectivity index (χ1n) is 11.1. The van der Waals surface area contributed by atoms with Crippen molar-refractivity contribution in [1.82, 2.24) is 4.90 Å². The van der Waals surface area contributed by atoms with Crippen LogP contribution >= 0.6 is 23.2 Å². The molecule has 9 heteroatoms. The van der Waals surface area contributed by atoms with Gasteiger partial charge in [0.1, 0.15) is 24.0 Å². The number of allylic oxidation sites excluding steroid dienone is 1. The van der Waals surface area contributed by atoms with Crippen LogP contribution < -0.4 is 23.7 Å². The van der Waals surface area contributed by atoms with E-state index in [-0.39, 0.29) is 11.5 Å². The van der Waals surface area contributed by atoms with Crippen LogP contribution in [0, 0.1) is 0 Å². The van der Waals surface area contributed by atoms with Gasteiger partial charge in [0.15, 0.2) is 17.3 Å². The minimum Gasteiger partial charge on any atom is -0.496 e. The third kappa shape index (κ3) is 4.46. The number of fused-ring (bicyclic) bond motifs is 3. The molecule has 0 radical (unpaired) electrons. The number of halogens is 2. The number of ketones is 1. The number of ether oxygens (including phenoxy) is 5. The monoisotopic (exact) mass is 527 g/mol. The Kier molecular flexibility index (Phi) is 6.71. The van der Waals surface area contributed by atoms with Crippen molar-refractivity contribution in [2.24, 2.45) is 0 Å². The number of rotatable bonds is 6. The van der Waals surface area contributed by atoms with E-state index in [2.05, 4.69) is 4.90 Å². The molecule has 186 valence electrons. The lowest BCUT2D eigenvalue weighted by Crippen LogP contribution is -2.31. The van der Waals surface area contributed by atoms with Crippen molar-refractivity contribution in [2.75, 3.05) is 28.1 Å². The quantitative estimate of drug-likeness (QED) is 0.365. The molecule has 0 amide bonds. The fraction of sp³-hybridized carbons (Fsp3) is 0.222. The third-order valence-electron chi connectivity index (χ3n) is 6.11. The maximum Gasteiger partial charge on any atom is 0.231 e. The lowest BCUT2D eigenvalue weighted by Gasteiger charge is -2.30. The smallest absolute Gasteiger partial charge is 0.231 e. The molecule has 0 atom stereocenters. The topological polar surface area (TPSA) is 66.5 Å².